The maximum absolute atomic E-state index is 14.0. The summed E-state index contributed by atoms with van der Waals surface area (Å²) in [4.78, 5) is 49.4. The Morgan fingerprint density at radius 1 is 1.09 bits per heavy atom. The van der Waals surface area contributed by atoms with Gasteiger partial charge in [-0.25, -0.2) is 4.98 Å². The van der Waals surface area contributed by atoms with E-state index in [1.54, 1.807) is 0 Å². The Morgan fingerprint density at radius 2 is 1.80 bits per heavy atom. The van der Waals surface area contributed by atoms with Crippen LogP contribution in [0.3, 0.4) is 0 Å². The fourth-order valence-electron chi connectivity index (χ4n) is 6.77. The zero-order valence-electron chi connectivity index (χ0n) is 29.1. The topological polar surface area (TPSA) is 82.6 Å². The Morgan fingerprint density at radius 3 is 2.42 bits per heavy atom. The summed E-state index contributed by atoms with van der Waals surface area (Å²) in [7, 11) is 3.94. The number of nitrogens with zero attached hydrogens (tertiary/aromatic N) is 3. The van der Waals surface area contributed by atoms with E-state index in [1.165, 1.54) is 16.9 Å². The summed E-state index contributed by atoms with van der Waals surface area (Å²) >= 11 is 1.51. The summed E-state index contributed by atoms with van der Waals surface area (Å²) in [5, 5.41) is 5.99. The van der Waals surface area contributed by atoms with Crippen LogP contribution in [0.4, 0.5) is 0 Å². The zero-order chi connectivity index (χ0) is 33.1. The fourth-order valence-corrected chi connectivity index (χ4v) is 7.57. The largest absolute Gasteiger partial charge is 0.348 e. The van der Waals surface area contributed by atoms with Crippen LogP contribution in [0, 0.1) is 23.7 Å². The lowest BCUT2D eigenvalue weighted by Gasteiger charge is -2.37. The molecule has 250 valence electrons. The van der Waals surface area contributed by atoms with Gasteiger partial charge in [-0.15, -0.1) is 11.3 Å². The van der Waals surface area contributed by atoms with Crippen molar-refractivity contribution in [2.75, 3.05) is 20.6 Å². The van der Waals surface area contributed by atoms with E-state index in [-0.39, 0.29) is 53.5 Å². The average molecular weight is 639 g/mol. The van der Waals surface area contributed by atoms with Crippen molar-refractivity contribution in [2.24, 2.45) is 23.7 Å². The van der Waals surface area contributed by atoms with Gasteiger partial charge < -0.3 is 10.2 Å². The number of aromatic nitrogens is 1. The average Bonchev–Trinajstić information content (AvgIpc) is 3.48. The third-order valence-corrected chi connectivity index (χ3v) is 10.6. The lowest BCUT2D eigenvalue weighted by Crippen LogP contribution is -2.47. The van der Waals surface area contributed by atoms with Crippen molar-refractivity contribution in [2.45, 2.75) is 117 Å². The second-order valence-electron chi connectivity index (χ2n) is 14.1. The molecule has 1 aromatic heterocycles. The predicted molar refractivity (Wildman–Crippen MR) is 186 cm³/mol. The number of nitrogens with one attached hydrogen (secondary N) is 1. The molecule has 8 heteroatoms. The van der Waals surface area contributed by atoms with Crippen molar-refractivity contribution in [3.05, 3.63) is 52.0 Å². The molecule has 1 fully saturated rings. The Balaban J connectivity index is 1.64. The van der Waals surface area contributed by atoms with Gasteiger partial charge in [-0.3, -0.25) is 19.3 Å². The number of aryl methyl sites for hydroxylation is 1. The van der Waals surface area contributed by atoms with Crippen LogP contribution in [0.1, 0.15) is 108 Å². The molecule has 0 saturated carbocycles. The Hall–Kier alpha value is -2.58. The normalized spacial score (nSPS) is 18.4. The number of likely N-dealkylation sites (N-methyl/N-ethyl adjacent to an activating group) is 1. The van der Waals surface area contributed by atoms with Gasteiger partial charge in [0, 0.05) is 43.3 Å². The SMILES string of the molecule is CC[C@H](C)[C@H](CC(=O)[C@H]1CCCCN1C)C(=O)N(C)[C@H](CCc1nc(C(=O)N[C@@H](Cc2ccccc2)CC(C)C)cs1)C(C)C. The van der Waals surface area contributed by atoms with Gasteiger partial charge in [-0.1, -0.05) is 84.7 Å². The monoisotopic (exact) mass is 638 g/mol. The van der Waals surface area contributed by atoms with Crippen LogP contribution in [0.2, 0.25) is 0 Å². The number of rotatable bonds is 17. The number of thiazole rings is 1. The van der Waals surface area contributed by atoms with Gasteiger partial charge in [0.15, 0.2) is 5.78 Å². The highest BCUT2D eigenvalue weighted by molar-refractivity contribution is 7.09. The molecule has 1 N–H and O–H groups in total. The molecule has 7 nitrogen and oxygen atoms in total. The maximum Gasteiger partial charge on any atom is 0.270 e. The molecule has 2 aromatic rings. The second-order valence-corrected chi connectivity index (χ2v) is 15.0. The first-order valence-electron chi connectivity index (χ1n) is 17.2. The number of carbonyl (C=O) groups is 3. The quantitative estimate of drug-likeness (QED) is 0.201. The molecule has 1 aliphatic heterocycles. The Bertz CT molecular complexity index is 1210. The summed E-state index contributed by atoms with van der Waals surface area (Å²) < 4.78 is 0. The van der Waals surface area contributed by atoms with Gasteiger partial charge in [0.2, 0.25) is 5.91 Å². The first kappa shape index (κ1) is 36.9. The molecular formula is C37H58N4O3S. The number of carbonyl (C=O) groups excluding carboxylic acids is 3. The maximum atomic E-state index is 14.0. The van der Waals surface area contributed by atoms with Gasteiger partial charge in [-0.2, -0.15) is 0 Å². The summed E-state index contributed by atoms with van der Waals surface area (Å²) in [6, 6.07) is 10.3. The molecule has 0 bridgehead atoms. The lowest BCUT2D eigenvalue weighted by atomic mass is 9.83. The summed E-state index contributed by atoms with van der Waals surface area (Å²) in [6.45, 7) is 13.8. The zero-order valence-corrected chi connectivity index (χ0v) is 29.9. The van der Waals surface area contributed by atoms with E-state index < -0.39 is 0 Å². The van der Waals surface area contributed by atoms with E-state index in [4.69, 9.17) is 4.98 Å². The summed E-state index contributed by atoms with van der Waals surface area (Å²) in [5.41, 5.74) is 1.67. The number of ketones is 1. The molecule has 5 atom stereocenters. The Labute approximate surface area is 276 Å². The van der Waals surface area contributed by atoms with Crippen molar-refractivity contribution in [3.8, 4) is 0 Å². The van der Waals surface area contributed by atoms with Gasteiger partial charge in [0.25, 0.3) is 5.91 Å². The molecular weight excluding hydrogens is 580 g/mol. The second kappa shape index (κ2) is 17.9. The number of benzene rings is 1. The lowest BCUT2D eigenvalue weighted by molar-refractivity contribution is -0.142. The predicted octanol–water partition coefficient (Wildman–Crippen LogP) is 7.05. The number of amides is 2. The molecule has 3 rings (SSSR count). The Kier molecular flexibility index (Phi) is 14.7. The highest BCUT2D eigenvalue weighted by Gasteiger charge is 2.36. The molecule has 0 aliphatic carbocycles. The van der Waals surface area contributed by atoms with E-state index in [0.29, 0.717) is 24.5 Å². The standard InChI is InChI=1S/C37H58N4O3S/c1-9-27(6)30(23-34(42)33-17-13-14-20-40(33)7)37(44)41(8)32(26(4)5)18-19-35-39-31(24-45-35)36(43)38-29(21-25(2)3)22-28-15-11-10-12-16-28/h10-12,15-16,24-27,29-30,32-33H,9,13-14,17-23H2,1-8H3,(H,38,43)/t27-,29+,30-,32+,33+/m0/s1. The van der Waals surface area contributed by atoms with E-state index in [1.807, 2.05) is 42.6 Å². The van der Waals surface area contributed by atoms with Crippen LogP contribution < -0.4 is 5.32 Å². The van der Waals surface area contributed by atoms with Crippen LogP contribution in [0.15, 0.2) is 35.7 Å². The minimum absolute atomic E-state index is 0.0129. The van der Waals surface area contributed by atoms with Gasteiger partial charge in [-0.05, 0) is 69.0 Å². The van der Waals surface area contributed by atoms with Gasteiger partial charge in [0.1, 0.15) is 5.69 Å². The number of hydrogen-bond donors (Lipinski definition) is 1. The molecule has 0 radical (unpaired) electrons. The van der Waals surface area contributed by atoms with Crippen LogP contribution in [-0.4, -0.2) is 71.1 Å². The van der Waals surface area contributed by atoms with Crippen molar-refractivity contribution in [1.82, 2.24) is 20.1 Å². The molecule has 45 heavy (non-hydrogen) atoms. The highest BCUT2D eigenvalue weighted by atomic mass is 32.1. The van der Waals surface area contributed by atoms with E-state index in [9.17, 15) is 14.4 Å². The number of piperidine rings is 1. The molecule has 2 amide bonds. The van der Waals surface area contributed by atoms with Gasteiger partial charge >= 0.3 is 0 Å². The van der Waals surface area contributed by atoms with Crippen molar-refractivity contribution >= 4 is 28.9 Å². The molecule has 2 heterocycles. The van der Waals surface area contributed by atoms with Crippen LogP contribution >= 0.6 is 11.3 Å². The van der Waals surface area contributed by atoms with Crippen LogP contribution in [-0.2, 0) is 22.4 Å². The first-order valence-corrected chi connectivity index (χ1v) is 18.1. The van der Waals surface area contributed by atoms with Crippen LogP contribution in [0.5, 0.6) is 0 Å². The van der Waals surface area contributed by atoms with E-state index in [2.05, 4.69) is 63.9 Å². The smallest absolute Gasteiger partial charge is 0.270 e. The van der Waals surface area contributed by atoms with Gasteiger partial charge in [0.05, 0.1) is 11.0 Å². The third kappa shape index (κ3) is 11.0. The molecule has 0 unspecified atom stereocenters. The van der Waals surface area contributed by atoms with Crippen molar-refractivity contribution in [1.29, 1.82) is 0 Å². The first-order chi connectivity index (χ1) is 21.4. The summed E-state index contributed by atoms with van der Waals surface area (Å²) in [6.07, 6.45) is 7.40. The fraction of sp³-hybridized carbons (Fsp3) is 0.676. The minimum Gasteiger partial charge on any atom is -0.348 e. The van der Waals surface area contributed by atoms with Crippen molar-refractivity contribution in [3.63, 3.8) is 0 Å². The highest BCUT2D eigenvalue weighted by Crippen LogP contribution is 2.28. The third-order valence-electron chi connectivity index (χ3n) is 9.68. The van der Waals surface area contributed by atoms with Crippen LogP contribution in [0.25, 0.3) is 0 Å². The number of Topliss-reactive ketones (excluding diaryl/α,β-unsaturated/α-hetero) is 1. The minimum atomic E-state index is -0.311. The molecule has 0 spiro atoms. The molecule has 1 aromatic carbocycles. The van der Waals surface area contributed by atoms with E-state index in [0.717, 1.165) is 56.5 Å². The van der Waals surface area contributed by atoms with Crippen molar-refractivity contribution < 1.29 is 14.4 Å². The molecule has 1 saturated heterocycles. The van der Waals surface area contributed by atoms with E-state index >= 15 is 0 Å². The number of likely N-dealkylation sites (tertiary alicyclic amines) is 1. The molecule has 1 aliphatic rings. The number of hydrogen-bond acceptors (Lipinski definition) is 6. The summed E-state index contributed by atoms with van der Waals surface area (Å²) in [5.74, 6) is 0.679.